The molecule has 0 bridgehead atoms. The third-order valence-electron chi connectivity index (χ3n) is 3.24. The van der Waals surface area contributed by atoms with Crippen LogP contribution in [0.1, 0.15) is 5.56 Å². The number of nitriles is 1. The van der Waals surface area contributed by atoms with Crippen LogP contribution in [-0.4, -0.2) is 18.1 Å². The Morgan fingerprint density at radius 3 is 2.67 bits per heavy atom. The number of hydrogen-bond donors (Lipinski definition) is 3. The second-order valence-corrected chi connectivity index (χ2v) is 4.99. The van der Waals surface area contributed by atoms with Gasteiger partial charge >= 0.3 is 0 Å². The van der Waals surface area contributed by atoms with Crippen molar-refractivity contribution in [2.75, 3.05) is 17.7 Å². The first-order chi connectivity index (χ1) is 11.5. The van der Waals surface area contributed by atoms with Gasteiger partial charge in [-0.1, -0.05) is 18.2 Å². The Morgan fingerprint density at radius 1 is 1.25 bits per heavy atom. The van der Waals surface area contributed by atoms with Gasteiger partial charge in [-0.15, -0.1) is 0 Å². The third kappa shape index (κ3) is 4.05. The maximum Gasteiger partial charge on any atom is 0.267 e. The zero-order valence-corrected chi connectivity index (χ0v) is 13.3. The van der Waals surface area contributed by atoms with E-state index in [9.17, 15) is 15.2 Å². The number of para-hydroxylation sites is 2. The van der Waals surface area contributed by atoms with Crippen molar-refractivity contribution >= 4 is 17.3 Å². The number of rotatable bonds is 5. The third-order valence-corrected chi connectivity index (χ3v) is 3.24. The van der Waals surface area contributed by atoms with Gasteiger partial charge in [0.05, 0.1) is 18.5 Å². The van der Waals surface area contributed by atoms with Crippen molar-refractivity contribution in [1.29, 1.82) is 5.26 Å². The number of nitrogens with zero attached hydrogens (tertiary/aromatic N) is 1. The Labute approximate surface area is 140 Å². The molecule has 0 heterocycles. The minimum atomic E-state index is -0.627. The van der Waals surface area contributed by atoms with Gasteiger partial charge < -0.3 is 20.5 Å². The fraction of sp³-hybridized carbons (Fsp3) is 0.111. The van der Waals surface area contributed by atoms with E-state index < -0.39 is 5.91 Å². The van der Waals surface area contributed by atoms with Crippen molar-refractivity contribution in [3.63, 3.8) is 0 Å². The van der Waals surface area contributed by atoms with Crippen LogP contribution in [0.2, 0.25) is 0 Å². The van der Waals surface area contributed by atoms with E-state index in [4.69, 9.17) is 4.74 Å². The number of nitrogens with one attached hydrogen (secondary N) is 2. The highest BCUT2D eigenvalue weighted by Crippen LogP contribution is 2.26. The molecule has 0 aliphatic heterocycles. The zero-order chi connectivity index (χ0) is 17.5. The summed E-state index contributed by atoms with van der Waals surface area (Å²) in [6.07, 6.45) is 1.30. The Balaban J connectivity index is 2.18. The predicted molar refractivity (Wildman–Crippen MR) is 91.8 cm³/mol. The van der Waals surface area contributed by atoms with Gasteiger partial charge in [0.2, 0.25) is 0 Å². The summed E-state index contributed by atoms with van der Waals surface area (Å²) < 4.78 is 5.23. The van der Waals surface area contributed by atoms with E-state index in [1.165, 1.54) is 19.4 Å². The molecule has 0 aliphatic carbocycles. The Kier molecular flexibility index (Phi) is 5.42. The fourth-order valence-corrected chi connectivity index (χ4v) is 2.00. The quantitative estimate of drug-likeness (QED) is 0.446. The predicted octanol–water partition coefficient (Wildman–Crippen LogP) is 3.17. The Morgan fingerprint density at radius 2 is 2.00 bits per heavy atom. The summed E-state index contributed by atoms with van der Waals surface area (Å²) in [4.78, 5) is 12.2. The van der Waals surface area contributed by atoms with Crippen LogP contribution in [0.4, 0.5) is 11.4 Å². The molecular formula is C18H17N3O3. The molecule has 24 heavy (non-hydrogen) atoms. The maximum absolute atomic E-state index is 12.2. The largest absolute Gasteiger partial charge is 0.506 e. The van der Waals surface area contributed by atoms with Crippen LogP contribution >= 0.6 is 0 Å². The molecule has 0 saturated heterocycles. The highest BCUT2D eigenvalue weighted by molar-refractivity contribution is 6.07. The molecule has 0 fully saturated rings. The van der Waals surface area contributed by atoms with E-state index in [0.29, 0.717) is 11.4 Å². The van der Waals surface area contributed by atoms with Crippen LogP contribution in [-0.2, 0) is 4.79 Å². The van der Waals surface area contributed by atoms with E-state index in [0.717, 1.165) is 5.56 Å². The molecule has 0 radical (unpaired) electrons. The molecule has 0 saturated carbocycles. The van der Waals surface area contributed by atoms with Gasteiger partial charge in [-0.25, -0.2) is 0 Å². The topological polar surface area (TPSA) is 94.4 Å². The second-order valence-electron chi connectivity index (χ2n) is 4.99. The number of ether oxygens (including phenoxy) is 1. The number of carbonyl (C=O) groups is 1. The van der Waals surface area contributed by atoms with Gasteiger partial charge in [0, 0.05) is 6.20 Å². The van der Waals surface area contributed by atoms with Gasteiger partial charge in [0.1, 0.15) is 23.1 Å². The lowest BCUT2D eigenvalue weighted by Gasteiger charge is -2.10. The summed E-state index contributed by atoms with van der Waals surface area (Å²) in [5.41, 5.74) is 1.74. The minimum absolute atomic E-state index is 0.0727. The van der Waals surface area contributed by atoms with Crippen molar-refractivity contribution in [3.05, 3.63) is 59.8 Å². The number of aryl methyl sites for hydroxylation is 1. The van der Waals surface area contributed by atoms with Crippen molar-refractivity contribution in [2.24, 2.45) is 0 Å². The maximum atomic E-state index is 12.2. The molecule has 2 rings (SSSR count). The number of amides is 1. The molecule has 6 heteroatoms. The molecule has 0 spiro atoms. The van der Waals surface area contributed by atoms with Crippen LogP contribution in [0, 0.1) is 18.3 Å². The highest BCUT2D eigenvalue weighted by atomic mass is 16.5. The summed E-state index contributed by atoms with van der Waals surface area (Å²) in [7, 11) is 1.54. The number of phenols is 1. The molecule has 0 atom stereocenters. The van der Waals surface area contributed by atoms with Crippen molar-refractivity contribution in [3.8, 4) is 17.6 Å². The van der Waals surface area contributed by atoms with Crippen molar-refractivity contribution in [2.45, 2.75) is 6.92 Å². The number of aromatic hydroxyl groups is 1. The molecule has 0 aromatic heterocycles. The van der Waals surface area contributed by atoms with E-state index >= 15 is 0 Å². The van der Waals surface area contributed by atoms with Gasteiger partial charge in [-0.3, -0.25) is 4.79 Å². The molecule has 6 nitrogen and oxygen atoms in total. The molecule has 122 valence electrons. The summed E-state index contributed by atoms with van der Waals surface area (Å²) in [6, 6.07) is 13.6. The zero-order valence-electron chi connectivity index (χ0n) is 13.3. The summed E-state index contributed by atoms with van der Waals surface area (Å²) in [6.45, 7) is 1.92. The van der Waals surface area contributed by atoms with Crippen LogP contribution in [0.15, 0.2) is 54.2 Å². The first-order valence-electron chi connectivity index (χ1n) is 7.16. The minimum Gasteiger partial charge on any atom is -0.506 e. The van der Waals surface area contributed by atoms with Crippen molar-refractivity contribution < 1.29 is 14.6 Å². The van der Waals surface area contributed by atoms with Crippen LogP contribution < -0.4 is 15.4 Å². The summed E-state index contributed by atoms with van der Waals surface area (Å²) in [5.74, 6) is -0.107. The molecular weight excluding hydrogens is 306 g/mol. The molecule has 0 aliphatic rings. The fourth-order valence-electron chi connectivity index (χ4n) is 2.00. The lowest BCUT2D eigenvalue weighted by atomic mass is 10.2. The first kappa shape index (κ1) is 16.9. The van der Waals surface area contributed by atoms with E-state index in [1.807, 2.05) is 25.1 Å². The van der Waals surface area contributed by atoms with E-state index in [1.54, 1.807) is 24.3 Å². The van der Waals surface area contributed by atoms with Crippen LogP contribution in [0.25, 0.3) is 0 Å². The number of methoxy groups -OCH3 is 1. The lowest BCUT2D eigenvalue weighted by Crippen LogP contribution is -2.14. The first-order valence-corrected chi connectivity index (χ1v) is 7.16. The Bertz CT molecular complexity index is 822. The van der Waals surface area contributed by atoms with E-state index in [-0.39, 0.29) is 17.0 Å². The SMILES string of the molecule is COc1ccc(C)cc1N/C=C(/C#N)C(=O)Nc1ccccc1O. The second kappa shape index (κ2) is 7.70. The number of phenolic OH excluding ortho intramolecular Hbond substituents is 1. The van der Waals surface area contributed by atoms with Crippen LogP contribution in [0.5, 0.6) is 11.5 Å². The summed E-state index contributed by atoms with van der Waals surface area (Å²) in [5, 5.41) is 24.3. The smallest absolute Gasteiger partial charge is 0.267 e. The highest BCUT2D eigenvalue weighted by Gasteiger charge is 2.12. The monoisotopic (exact) mass is 323 g/mol. The average molecular weight is 323 g/mol. The average Bonchev–Trinajstić information content (AvgIpc) is 2.57. The number of anilines is 2. The van der Waals surface area contributed by atoms with Gasteiger partial charge in [0.25, 0.3) is 5.91 Å². The molecule has 2 aromatic rings. The number of benzene rings is 2. The standard InChI is InChI=1S/C18H17N3O3/c1-12-7-8-17(24-2)15(9-12)20-11-13(10-19)18(23)21-14-5-3-4-6-16(14)22/h3-9,11,20,22H,1-2H3,(H,21,23)/b13-11-. The van der Waals surface area contributed by atoms with Gasteiger partial charge in [-0.05, 0) is 36.8 Å². The normalized spacial score (nSPS) is 10.6. The molecule has 2 aromatic carbocycles. The molecule has 3 N–H and O–H groups in total. The molecule has 1 amide bonds. The van der Waals surface area contributed by atoms with E-state index in [2.05, 4.69) is 10.6 Å². The van der Waals surface area contributed by atoms with Gasteiger partial charge in [0.15, 0.2) is 0 Å². The lowest BCUT2D eigenvalue weighted by molar-refractivity contribution is -0.112. The van der Waals surface area contributed by atoms with Gasteiger partial charge in [-0.2, -0.15) is 5.26 Å². The Hall–Kier alpha value is -3.46. The number of carbonyl (C=O) groups excluding carboxylic acids is 1. The molecule has 0 unspecified atom stereocenters. The number of hydrogen-bond acceptors (Lipinski definition) is 5. The van der Waals surface area contributed by atoms with Crippen molar-refractivity contribution in [1.82, 2.24) is 0 Å². The van der Waals surface area contributed by atoms with Crippen LogP contribution in [0.3, 0.4) is 0 Å². The summed E-state index contributed by atoms with van der Waals surface area (Å²) >= 11 is 0.